The number of aliphatic hydroxyl groups excluding tert-OH is 1. The molecule has 0 rings (SSSR count). The Kier molecular flexibility index (Phi) is 70.3. The molecule has 0 aliphatic rings. The molecule has 0 fully saturated rings. The first kappa shape index (κ1) is 97.1. The number of esters is 4. The summed E-state index contributed by atoms with van der Waals surface area (Å²) in [5.41, 5.74) is 0. The molecule has 17 nitrogen and oxygen atoms in total. The van der Waals surface area contributed by atoms with Crippen LogP contribution in [0.1, 0.15) is 420 Å². The van der Waals surface area contributed by atoms with Crippen LogP contribution in [0.15, 0.2) is 0 Å². The quantitative estimate of drug-likeness (QED) is 0.0222. The third-order valence-corrected chi connectivity index (χ3v) is 21.0. The summed E-state index contributed by atoms with van der Waals surface area (Å²) in [6, 6.07) is 0. The molecule has 0 aliphatic heterocycles. The van der Waals surface area contributed by atoms with Crippen LogP contribution in [0.2, 0.25) is 0 Å². The SMILES string of the molecule is CCCCCCCCCCCCCCCCCCCC(=O)OC[C@H](COP(=O)(O)OC[C@@H](O)COP(=O)(O)OC[C@@H](COC(=O)CCCCCCCCC(C)CC)OC(=O)CCCCCCCCCCCCCCC)OC(=O)CCCCCCCCCCCCCCCCCCC(C)C. The Hall–Kier alpha value is -1.94. The van der Waals surface area contributed by atoms with Gasteiger partial charge in [-0.25, -0.2) is 9.13 Å². The maximum atomic E-state index is 13.1. The zero-order valence-corrected chi connectivity index (χ0v) is 66.6. The van der Waals surface area contributed by atoms with Crippen LogP contribution < -0.4 is 0 Å². The van der Waals surface area contributed by atoms with Crippen LogP contribution in [0.25, 0.3) is 0 Å². The van der Waals surface area contributed by atoms with Crippen LogP contribution in [0, 0.1) is 11.8 Å². The minimum atomic E-state index is -4.96. The number of ether oxygens (including phenoxy) is 4. The number of unbranched alkanes of at least 4 members (excludes halogenated alkanes) is 48. The van der Waals surface area contributed by atoms with Gasteiger partial charge in [0, 0.05) is 25.7 Å². The monoisotopic (exact) mass is 1450 g/mol. The number of hydrogen-bond acceptors (Lipinski definition) is 15. The van der Waals surface area contributed by atoms with Crippen LogP contribution >= 0.6 is 15.6 Å². The number of aliphatic hydroxyl groups is 1. The van der Waals surface area contributed by atoms with E-state index in [1.54, 1.807) is 0 Å². The van der Waals surface area contributed by atoms with E-state index in [9.17, 15) is 43.2 Å². The fourth-order valence-corrected chi connectivity index (χ4v) is 13.9. The molecule has 0 saturated carbocycles. The van der Waals surface area contributed by atoms with Crippen molar-refractivity contribution in [2.24, 2.45) is 11.8 Å². The van der Waals surface area contributed by atoms with Crippen LogP contribution in [0.5, 0.6) is 0 Å². The van der Waals surface area contributed by atoms with Gasteiger partial charge >= 0.3 is 39.5 Å². The highest BCUT2D eigenvalue weighted by molar-refractivity contribution is 7.47. The van der Waals surface area contributed by atoms with Crippen molar-refractivity contribution in [3.05, 3.63) is 0 Å². The van der Waals surface area contributed by atoms with Crippen LogP contribution in [-0.4, -0.2) is 96.7 Å². The molecule has 0 heterocycles. The Balaban J connectivity index is 5.24. The molecule has 0 spiro atoms. The van der Waals surface area contributed by atoms with Gasteiger partial charge in [0.2, 0.25) is 0 Å². The average molecular weight is 1450 g/mol. The first-order valence-corrected chi connectivity index (χ1v) is 44.5. The van der Waals surface area contributed by atoms with Gasteiger partial charge in [0.15, 0.2) is 12.2 Å². The van der Waals surface area contributed by atoms with Gasteiger partial charge in [-0.15, -0.1) is 0 Å². The van der Waals surface area contributed by atoms with Crippen LogP contribution in [0.3, 0.4) is 0 Å². The molecule has 3 unspecified atom stereocenters. The predicted molar refractivity (Wildman–Crippen MR) is 405 cm³/mol. The van der Waals surface area contributed by atoms with E-state index in [0.717, 1.165) is 108 Å². The lowest BCUT2D eigenvalue weighted by molar-refractivity contribution is -0.161. The topological polar surface area (TPSA) is 237 Å². The lowest BCUT2D eigenvalue weighted by Gasteiger charge is -2.21. The molecular formula is C80H156O17P2. The van der Waals surface area contributed by atoms with E-state index in [1.165, 1.54) is 231 Å². The van der Waals surface area contributed by atoms with Crippen molar-refractivity contribution in [1.29, 1.82) is 0 Å². The van der Waals surface area contributed by atoms with Crippen molar-refractivity contribution in [3.63, 3.8) is 0 Å². The van der Waals surface area contributed by atoms with E-state index in [-0.39, 0.29) is 25.7 Å². The van der Waals surface area contributed by atoms with E-state index >= 15 is 0 Å². The maximum Gasteiger partial charge on any atom is 0.472 e. The zero-order chi connectivity index (χ0) is 72.8. The largest absolute Gasteiger partial charge is 0.472 e. The Morgan fingerprint density at radius 3 is 0.768 bits per heavy atom. The first-order valence-electron chi connectivity index (χ1n) is 41.5. The van der Waals surface area contributed by atoms with Crippen molar-refractivity contribution >= 4 is 39.5 Å². The highest BCUT2D eigenvalue weighted by Gasteiger charge is 2.30. The predicted octanol–water partition coefficient (Wildman–Crippen LogP) is 23.9. The summed E-state index contributed by atoms with van der Waals surface area (Å²) in [5.74, 6) is -0.569. The molecule has 0 radical (unpaired) electrons. The number of rotatable bonds is 79. The van der Waals surface area contributed by atoms with E-state index in [4.69, 9.17) is 37.0 Å². The van der Waals surface area contributed by atoms with Gasteiger partial charge in [0.1, 0.15) is 19.3 Å². The Bertz CT molecular complexity index is 1910. The van der Waals surface area contributed by atoms with Gasteiger partial charge in [-0.05, 0) is 37.5 Å². The van der Waals surface area contributed by atoms with E-state index < -0.39 is 97.5 Å². The van der Waals surface area contributed by atoms with Gasteiger partial charge < -0.3 is 33.8 Å². The molecule has 0 amide bonds. The molecule has 19 heteroatoms. The van der Waals surface area contributed by atoms with Crippen molar-refractivity contribution in [2.45, 2.75) is 439 Å². The second-order valence-electron chi connectivity index (χ2n) is 29.5. The fourth-order valence-electron chi connectivity index (χ4n) is 12.3. The summed E-state index contributed by atoms with van der Waals surface area (Å²) in [4.78, 5) is 73.0. The third kappa shape index (κ3) is 72.8. The molecule has 0 saturated heterocycles. The van der Waals surface area contributed by atoms with Gasteiger partial charge in [-0.1, -0.05) is 369 Å². The molecule has 6 atom stereocenters. The highest BCUT2D eigenvalue weighted by atomic mass is 31.2. The van der Waals surface area contributed by atoms with Crippen molar-refractivity contribution in [1.82, 2.24) is 0 Å². The number of carbonyl (C=O) groups excluding carboxylic acids is 4. The smallest absolute Gasteiger partial charge is 0.462 e. The summed E-state index contributed by atoms with van der Waals surface area (Å²) < 4.78 is 68.7. The van der Waals surface area contributed by atoms with Crippen molar-refractivity contribution < 1.29 is 80.2 Å². The molecule has 0 aromatic heterocycles. The second kappa shape index (κ2) is 71.7. The van der Waals surface area contributed by atoms with Gasteiger partial charge in [0.05, 0.1) is 26.4 Å². The minimum Gasteiger partial charge on any atom is -0.462 e. The van der Waals surface area contributed by atoms with E-state index in [2.05, 4.69) is 41.5 Å². The molecule has 588 valence electrons. The van der Waals surface area contributed by atoms with Crippen molar-refractivity contribution in [3.8, 4) is 0 Å². The van der Waals surface area contributed by atoms with Crippen LogP contribution in [0.4, 0.5) is 0 Å². The average Bonchev–Trinajstić information content (AvgIpc) is 0.968. The molecular weight excluding hydrogens is 1290 g/mol. The number of hydrogen-bond donors (Lipinski definition) is 3. The normalized spacial score (nSPS) is 14.2. The van der Waals surface area contributed by atoms with Gasteiger partial charge in [-0.2, -0.15) is 0 Å². The molecule has 99 heavy (non-hydrogen) atoms. The minimum absolute atomic E-state index is 0.107. The summed E-state index contributed by atoms with van der Waals surface area (Å²) >= 11 is 0. The molecule has 0 aromatic carbocycles. The Morgan fingerprint density at radius 2 is 0.515 bits per heavy atom. The number of phosphoric acid groups is 2. The molecule has 0 aromatic rings. The lowest BCUT2D eigenvalue weighted by atomic mass is 10.00. The molecule has 0 aliphatic carbocycles. The first-order chi connectivity index (χ1) is 47.9. The standard InChI is InChI=1S/C80H156O17P2/c1-7-10-12-14-16-18-20-22-23-24-28-32-35-39-43-50-56-62-77(82)90-68-75(96-79(84)65-59-53-45-41-37-33-29-26-25-27-31-34-38-42-48-54-60-72(4)5)70-94-98(86,87)92-66-74(81)67-93-99(88,89)95-71-76(69-91-78(83)63-57-51-47-46-49-55-61-73(6)9-3)97-80(85)64-58-52-44-40-36-30-21-19-17-15-13-11-8-2/h72-76,81H,7-71H2,1-6H3,(H,86,87)(H,88,89)/t73?,74-,75-,76-/m1/s1. The third-order valence-electron chi connectivity index (χ3n) is 19.1. The lowest BCUT2D eigenvalue weighted by Crippen LogP contribution is -2.30. The number of carbonyl (C=O) groups is 4. The maximum absolute atomic E-state index is 13.1. The van der Waals surface area contributed by atoms with Crippen LogP contribution in [-0.2, 0) is 65.4 Å². The second-order valence-corrected chi connectivity index (χ2v) is 32.4. The fraction of sp³-hybridized carbons (Fsp3) is 0.950. The molecule has 3 N–H and O–H groups in total. The zero-order valence-electron chi connectivity index (χ0n) is 64.8. The van der Waals surface area contributed by atoms with Gasteiger partial charge in [-0.3, -0.25) is 37.3 Å². The van der Waals surface area contributed by atoms with Crippen molar-refractivity contribution in [2.75, 3.05) is 39.6 Å². The van der Waals surface area contributed by atoms with E-state index in [0.29, 0.717) is 25.7 Å². The highest BCUT2D eigenvalue weighted by Crippen LogP contribution is 2.45. The van der Waals surface area contributed by atoms with E-state index in [1.807, 2.05) is 0 Å². The summed E-state index contributed by atoms with van der Waals surface area (Å²) in [7, 11) is -9.92. The summed E-state index contributed by atoms with van der Waals surface area (Å²) in [6.45, 7) is 9.62. The Morgan fingerprint density at radius 1 is 0.293 bits per heavy atom. The summed E-state index contributed by atoms with van der Waals surface area (Å²) in [6.07, 6.45) is 61.0. The van der Waals surface area contributed by atoms with Gasteiger partial charge in [0.25, 0.3) is 0 Å². The Labute approximate surface area is 607 Å². The molecule has 0 bridgehead atoms. The number of phosphoric ester groups is 2. The summed E-state index contributed by atoms with van der Waals surface area (Å²) in [5, 5.41) is 10.6.